The zero-order valence-corrected chi connectivity index (χ0v) is 23.5. The molecule has 0 spiro atoms. The van der Waals surface area contributed by atoms with E-state index >= 15 is 0 Å². The average molecular weight is 499 g/mol. The first-order valence-corrected chi connectivity index (χ1v) is 15.0. The molecule has 0 bridgehead atoms. The summed E-state index contributed by atoms with van der Waals surface area (Å²) in [6.07, 6.45) is 22.9. The Hall–Kier alpha value is -1.10. The summed E-state index contributed by atoms with van der Waals surface area (Å²) >= 11 is 0. The van der Waals surface area contributed by atoms with Crippen LogP contribution in [-0.4, -0.2) is 36.4 Å². The fourth-order valence-electron chi connectivity index (χ4n) is 4.18. The van der Waals surface area contributed by atoms with Crippen LogP contribution in [0.2, 0.25) is 0 Å². The number of aliphatic hydroxyl groups is 1. The number of esters is 2. The lowest BCUT2D eigenvalue weighted by Gasteiger charge is -2.12. The normalized spacial score (nSPS) is 12.9. The molecule has 0 amide bonds. The number of carbonyl (C=O) groups excluding carboxylic acids is 2. The fourth-order valence-corrected chi connectivity index (χ4v) is 4.18. The van der Waals surface area contributed by atoms with Crippen LogP contribution in [0.5, 0.6) is 0 Å². The Morgan fingerprint density at radius 3 is 1.37 bits per heavy atom. The summed E-state index contributed by atoms with van der Waals surface area (Å²) < 4.78 is 10.2. The number of ether oxygens (including phenoxy) is 2. The van der Waals surface area contributed by atoms with E-state index in [0.717, 1.165) is 38.0 Å². The van der Waals surface area contributed by atoms with E-state index in [1.165, 1.54) is 89.9 Å². The standard InChI is InChI=1S/C30H58O5/c1-4-6-7-8-9-10-11-12-13-17-20-23-29(32)34-25-28(31)26-35-30(33)24-21-18-15-14-16-19-22-27(3)5-2/h27-28,31H,4-26H2,1-3H3/t27?,28-/m1/s1. The molecule has 0 saturated heterocycles. The number of hydrogen-bond donors (Lipinski definition) is 1. The van der Waals surface area contributed by atoms with Gasteiger partial charge >= 0.3 is 11.9 Å². The average Bonchev–Trinajstić information content (AvgIpc) is 2.86. The Kier molecular flexibility index (Phi) is 25.2. The SMILES string of the molecule is CCCCCCCCCCCCCC(=O)OC[C@@H](O)COC(=O)CCCCCCCCC(C)CC. The maximum atomic E-state index is 11.8. The molecule has 0 aromatic heterocycles. The second kappa shape index (κ2) is 26.0. The monoisotopic (exact) mass is 498 g/mol. The molecule has 35 heavy (non-hydrogen) atoms. The summed E-state index contributed by atoms with van der Waals surface area (Å²) in [5.74, 6) is 0.265. The maximum Gasteiger partial charge on any atom is 0.305 e. The topological polar surface area (TPSA) is 72.8 Å². The van der Waals surface area contributed by atoms with Gasteiger partial charge in [-0.25, -0.2) is 0 Å². The summed E-state index contributed by atoms with van der Waals surface area (Å²) in [7, 11) is 0. The predicted molar refractivity (Wildman–Crippen MR) is 145 cm³/mol. The van der Waals surface area contributed by atoms with Gasteiger partial charge in [0, 0.05) is 12.8 Å². The Morgan fingerprint density at radius 2 is 0.971 bits per heavy atom. The summed E-state index contributed by atoms with van der Waals surface area (Å²) in [6, 6.07) is 0. The second-order valence-corrected chi connectivity index (χ2v) is 10.5. The lowest BCUT2D eigenvalue weighted by Crippen LogP contribution is -2.25. The Balaban J connectivity index is 3.45. The van der Waals surface area contributed by atoms with Crippen LogP contribution in [0.15, 0.2) is 0 Å². The second-order valence-electron chi connectivity index (χ2n) is 10.5. The third-order valence-corrected chi connectivity index (χ3v) is 6.88. The molecule has 5 heteroatoms. The molecule has 1 unspecified atom stereocenters. The molecular formula is C30H58O5. The highest BCUT2D eigenvalue weighted by Crippen LogP contribution is 2.15. The number of carbonyl (C=O) groups is 2. The highest BCUT2D eigenvalue weighted by molar-refractivity contribution is 5.69. The molecule has 0 fully saturated rings. The summed E-state index contributed by atoms with van der Waals surface area (Å²) in [5, 5.41) is 9.90. The van der Waals surface area contributed by atoms with Gasteiger partial charge in [-0.15, -0.1) is 0 Å². The van der Waals surface area contributed by atoms with E-state index in [1.54, 1.807) is 0 Å². The zero-order chi connectivity index (χ0) is 26.0. The van der Waals surface area contributed by atoms with Crippen LogP contribution < -0.4 is 0 Å². The molecule has 0 radical (unpaired) electrons. The van der Waals surface area contributed by atoms with Crippen molar-refractivity contribution in [3.63, 3.8) is 0 Å². The van der Waals surface area contributed by atoms with Crippen LogP contribution in [0.4, 0.5) is 0 Å². The first kappa shape index (κ1) is 33.9. The minimum Gasteiger partial charge on any atom is -0.463 e. The molecular weight excluding hydrogens is 440 g/mol. The Labute approximate surface area is 217 Å². The van der Waals surface area contributed by atoms with Crippen LogP contribution in [0.25, 0.3) is 0 Å². The van der Waals surface area contributed by atoms with E-state index in [2.05, 4.69) is 20.8 Å². The number of hydrogen-bond acceptors (Lipinski definition) is 5. The van der Waals surface area contributed by atoms with E-state index in [-0.39, 0.29) is 25.2 Å². The van der Waals surface area contributed by atoms with E-state index in [4.69, 9.17) is 9.47 Å². The summed E-state index contributed by atoms with van der Waals surface area (Å²) in [4.78, 5) is 23.6. The van der Waals surface area contributed by atoms with Crippen molar-refractivity contribution in [1.82, 2.24) is 0 Å². The molecule has 0 aliphatic rings. The van der Waals surface area contributed by atoms with Crippen molar-refractivity contribution in [2.45, 2.75) is 162 Å². The van der Waals surface area contributed by atoms with Crippen LogP contribution >= 0.6 is 0 Å². The van der Waals surface area contributed by atoms with Crippen molar-refractivity contribution in [3.05, 3.63) is 0 Å². The van der Waals surface area contributed by atoms with Crippen molar-refractivity contribution < 1.29 is 24.2 Å². The first-order valence-electron chi connectivity index (χ1n) is 15.0. The number of rotatable bonds is 26. The molecule has 5 nitrogen and oxygen atoms in total. The maximum absolute atomic E-state index is 11.8. The molecule has 0 aromatic rings. The Bertz CT molecular complexity index is 479. The van der Waals surface area contributed by atoms with Crippen molar-refractivity contribution in [2.24, 2.45) is 5.92 Å². The largest absolute Gasteiger partial charge is 0.463 e. The van der Waals surface area contributed by atoms with Gasteiger partial charge in [-0.2, -0.15) is 0 Å². The van der Waals surface area contributed by atoms with Crippen LogP contribution in [0.3, 0.4) is 0 Å². The summed E-state index contributed by atoms with van der Waals surface area (Å²) in [6.45, 7) is 6.58. The van der Waals surface area contributed by atoms with Gasteiger partial charge < -0.3 is 14.6 Å². The van der Waals surface area contributed by atoms with Gasteiger partial charge in [0.15, 0.2) is 0 Å². The number of aliphatic hydroxyl groups excluding tert-OH is 1. The highest BCUT2D eigenvalue weighted by atomic mass is 16.6. The molecule has 0 aromatic carbocycles. The van der Waals surface area contributed by atoms with Crippen molar-refractivity contribution in [2.75, 3.05) is 13.2 Å². The number of unbranched alkanes of at least 4 members (excludes halogenated alkanes) is 15. The molecule has 1 N–H and O–H groups in total. The quantitative estimate of drug-likeness (QED) is 0.0959. The molecule has 0 rings (SSSR count). The lowest BCUT2D eigenvalue weighted by atomic mass is 10.00. The smallest absolute Gasteiger partial charge is 0.305 e. The third kappa shape index (κ3) is 25.8. The highest BCUT2D eigenvalue weighted by Gasteiger charge is 2.12. The molecule has 0 heterocycles. The van der Waals surface area contributed by atoms with Gasteiger partial charge in [-0.3, -0.25) is 9.59 Å². The third-order valence-electron chi connectivity index (χ3n) is 6.88. The minimum atomic E-state index is -0.953. The van der Waals surface area contributed by atoms with Gasteiger partial charge in [0.2, 0.25) is 0 Å². The van der Waals surface area contributed by atoms with E-state index in [1.807, 2.05) is 0 Å². The van der Waals surface area contributed by atoms with Crippen molar-refractivity contribution >= 4 is 11.9 Å². The van der Waals surface area contributed by atoms with Crippen LogP contribution in [0.1, 0.15) is 156 Å². The van der Waals surface area contributed by atoms with Gasteiger partial charge in [-0.05, 0) is 18.8 Å². The van der Waals surface area contributed by atoms with Crippen LogP contribution in [-0.2, 0) is 19.1 Å². The minimum absolute atomic E-state index is 0.110. The van der Waals surface area contributed by atoms with Gasteiger partial charge in [0.25, 0.3) is 0 Å². The van der Waals surface area contributed by atoms with Crippen molar-refractivity contribution in [3.8, 4) is 0 Å². The molecule has 0 aliphatic heterocycles. The zero-order valence-electron chi connectivity index (χ0n) is 23.5. The van der Waals surface area contributed by atoms with Gasteiger partial charge in [0.1, 0.15) is 19.3 Å². The van der Waals surface area contributed by atoms with E-state index < -0.39 is 6.10 Å². The molecule has 208 valence electrons. The van der Waals surface area contributed by atoms with E-state index in [9.17, 15) is 14.7 Å². The van der Waals surface area contributed by atoms with Gasteiger partial charge in [0.05, 0.1) is 0 Å². The molecule has 0 aliphatic carbocycles. The molecule has 2 atom stereocenters. The lowest BCUT2D eigenvalue weighted by molar-refractivity contribution is -0.152. The van der Waals surface area contributed by atoms with Crippen LogP contribution in [0, 0.1) is 5.92 Å². The van der Waals surface area contributed by atoms with Gasteiger partial charge in [-0.1, -0.05) is 130 Å². The fraction of sp³-hybridized carbons (Fsp3) is 0.933. The first-order chi connectivity index (χ1) is 17.0. The predicted octanol–water partition coefficient (Wildman–Crippen LogP) is 8.30. The van der Waals surface area contributed by atoms with E-state index in [0.29, 0.717) is 12.8 Å². The molecule has 0 saturated carbocycles. The summed E-state index contributed by atoms with van der Waals surface area (Å²) in [5.41, 5.74) is 0. The van der Waals surface area contributed by atoms with Crippen molar-refractivity contribution in [1.29, 1.82) is 0 Å². The Morgan fingerprint density at radius 1 is 0.600 bits per heavy atom.